The molecule has 168 valence electrons. The fourth-order valence-electron chi connectivity index (χ4n) is 3.81. The maximum atomic E-state index is 12.9. The second-order valence-electron chi connectivity index (χ2n) is 7.60. The zero-order valence-electron chi connectivity index (χ0n) is 17.2. The molecule has 1 saturated carbocycles. The summed E-state index contributed by atoms with van der Waals surface area (Å²) < 4.78 is 43.5. The van der Waals surface area contributed by atoms with E-state index in [1.54, 1.807) is 17.4 Å². The second-order valence-corrected chi connectivity index (χ2v) is 8.67. The lowest BCUT2D eigenvalue weighted by Gasteiger charge is -2.25. The number of esters is 1. The van der Waals surface area contributed by atoms with Crippen LogP contribution in [0.25, 0.3) is 10.4 Å². The Morgan fingerprint density at radius 1 is 1.16 bits per heavy atom. The number of halogens is 3. The van der Waals surface area contributed by atoms with Crippen molar-refractivity contribution < 1.29 is 22.7 Å². The van der Waals surface area contributed by atoms with E-state index >= 15 is 0 Å². The molecule has 1 aromatic carbocycles. The molecule has 0 bridgehead atoms. The van der Waals surface area contributed by atoms with Gasteiger partial charge in [0.15, 0.2) is 0 Å². The van der Waals surface area contributed by atoms with E-state index < -0.39 is 11.9 Å². The third-order valence-electron chi connectivity index (χ3n) is 5.48. The molecule has 1 fully saturated rings. The van der Waals surface area contributed by atoms with Crippen molar-refractivity contribution in [2.45, 2.75) is 37.8 Å². The highest BCUT2D eigenvalue weighted by molar-refractivity contribution is 7.15. The van der Waals surface area contributed by atoms with E-state index in [-0.39, 0.29) is 17.8 Å². The van der Waals surface area contributed by atoms with Crippen molar-refractivity contribution in [2.75, 3.05) is 12.4 Å². The molecular weight excluding hydrogens is 441 g/mol. The maximum absolute atomic E-state index is 12.9. The summed E-state index contributed by atoms with van der Waals surface area (Å²) in [5.41, 5.74) is 0.476. The topological polar surface area (TPSA) is 77.0 Å². The average Bonchev–Trinajstić information content (AvgIpc) is 3.29. The van der Waals surface area contributed by atoms with Gasteiger partial charge in [-0.3, -0.25) is 4.79 Å². The molecule has 0 atom stereocenters. The Kier molecular flexibility index (Phi) is 6.40. The second kappa shape index (κ2) is 9.23. The normalized spacial score (nSPS) is 18.9. The summed E-state index contributed by atoms with van der Waals surface area (Å²) in [6.45, 7) is 0. The predicted octanol–water partition coefficient (Wildman–Crippen LogP) is 5.81. The molecule has 0 amide bonds. The van der Waals surface area contributed by atoms with Gasteiger partial charge >= 0.3 is 12.1 Å². The van der Waals surface area contributed by atoms with Crippen molar-refractivity contribution in [3.05, 3.63) is 53.4 Å². The third-order valence-corrected chi connectivity index (χ3v) is 6.69. The smallest absolute Gasteiger partial charge is 0.433 e. The lowest BCUT2D eigenvalue weighted by molar-refractivity contribution is -0.146. The van der Waals surface area contributed by atoms with Gasteiger partial charge < -0.3 is 10.1 Å². The Morgan fingerprint density at radius 3 is 2.66 bits per heavy atom. The van der Waals surface area contributed by atoms with Crippen molar-refractivity contribution in [3.8, 4) is 10.4 Å². The van der Waals surface area contributed by atoms with Gasteiger partial charge in [0.2, 0.25) is 5.95 Å². The monoisotopic (exact) mass is 462 g/mol. The number of hydrogen-bond acceptors (Lipinski definition) is 7. The number of ether oxygens (including phenoxy) is 1. The number of carbonyl (C=O) groups is 1. The Bertz CT molecular complexity index is 1090. The zero-order chi connectivity index (χ0) is 22.7. The maximum Gasteiger partial charge on any atom is 0.433 e. The van der Waals surface area contributed by atoms with Crippen LogP contribution in [0, 0.1) is 5.92 Å². The Hall–Kier alpha value is -3.01. The summed E-state index contributed by atoms with van der Waals surface area (Å²) >= 11 is 1.59. The van der Waals surface area contributed by atoms with Crippen LogP contribution in [-0.2, 0) is 15.7 Å². The van der Waals surface area contributed by atoms with Gasteiger partial charge in [-0.25, -0.2) is 15.0 Å². The van der Waals surface area contributed by atoms with Crippen molar-refractivity contribution in [2.24, 2.45) is 5.92 Å². The summed E-state index contributed by atoms with van der Waals surface area (Å²) in [6, 6.07) is 8.13. The standard InChI is InChI=1S/C22H21F3N4O2S/c1-31-20(30)14-7-5-13(6-8-14)19-27-12-17(32-19)15-3-2-4-16(11-15)28-21-26-10-9-18(29-21)22(23,24)25/h2-4,9-14H,5-8H2,1H3,(H,26,28,29). The highest BCUT2D eigenvalue weighted by Crippen LogP contribution is 2.40. The first-order valence-electron chi connectivity index (χ1n) is 10.1. The largest absolute Gasteiger partial charge is 0.469 e. The molecule has 1 aliphatic rings. The van der Waals surface area contributed by atoms with Crippen molar-refractivity contribution in [1.29, 1.82) is 0 Å². The number of anilines is 2. The molecule has 0 saturated heterocycles. The van der Waals surface area contributed by atoms with Crippen LogP contribution in [0.4, 0.5) is 24.8 Å². The molecule has 1 N–H and O–H groups in total. The fraction of sp³-hybridized carbons (Fsp3) is 0.364. The molecule has 0 spiro atoms. The number of nitrogens with zero attached hydrogens (tertiary/aromatic N) is 3. The van der Waals surface area contributed by atoms with Crippen LogP contribution in [0.2, 0.25) is 0 Å². The van der Waals surface area contributed by atoms with E-state index in [0.29, 0.717) is 11.6 Å². The van der Waals surface area contributed by atoms with Gasteiger partial charge in [-0.15, -0.1) is 11.3 Å². The van der Waals surface area contributed by atoms with Crippen LogP contribution in [0.15, 0.2) is 42.7 Å². The van der Waals surface area contributed by atoms with Crippen LogP contribution in [-0.4, -0.2) is 28.0 Å². The van der Waals surface area contributed by atoms with Crippen molar-refractivity contribution in [1.82, 2.24) is 15.0 Å². The molecule has 6 nitrogen and oxygen atoms in total. The molecule has 2 heterocycles. The third kappa shape index (κ3) is 5.07. The van der Waals surface area contributed by atoms with Crippen LogP contribution < -0.4 is 5.32 Å². The summed E-state index contributed by atoms with van der Waals surface area (Å²) in [5, 5.41) is 3.87. The number of alkyl halides is 3. The van der Waals surface area contributed by atoms with E-state index in [4.69, 9.17) is 4.74 Å². The van der Waals surface area contributed by atoms with Gasteiger partial charge in [0.05, 0.1) is 22.9 Å². The minimum Gasteiger partial charge on any atom is -0.469 e. The lowest BCUT2D eigenvalue weighted by atomic mass is 9.82. The zero-order valence-corrected chi connectivity index (χ0v) is 18.0. The van der Waals surface area contributed by atoms with Gasteiger partial charge in [-0.2, -0.15) is 13.2 Å². The number of aromatic nitrogens is 3. The van der Waals surface area contributed by atoms with E-state index in [0.717, 1.165) is 53.4 Å². The number of benzene rings is 1. The number of thiazole rings is 1. The number of nitrogens with one attached hydrogen (secondary N) is 1. The molecule has 3 aromatic rings. The first-order valence-corrected chi connectivity index (χ1v) is 11.0. The van der Waals surface area contributed by atoms with E-state index in [2.05, 4.69) is 20.3 Å². The van der Waals surface area contributed by atoms with Gasteiger partial charge in [-0.05, 0) is 49.4 Å². The fourth-order valence-corrected chi connectivity index (χ4v) is 4.89. The van der Waals surface area contributed by atoms with Crippen LogP contribution in [0.3, 0.4) is 0 Å². The Morgan fingerprint density at radius 2 is 1.94 bits per heavy atom. The number of rotatable bonds is 5. The highest BCUT2D eigenvalue weighted by atomic mass is 32.1. The Balaban J connectivity index is 1.46. The lowest BCUT2D eigenvalue weighted by Crippen LogP contribution is -2.22. The van der Waals surface area contributed by atoms with Crippen molar-refractivity contribution in [3.63, 3.8) is 0 Å². The SMILES string of the molecule is COC(=O)C1CCC(c2ncc(-c3cccc(Nc4nccc(C(F)(F)F)n4)c3)s2)CC1. The van der Waals surface area contributed by atoms with Gasteiger partial charge in [0.25, 0.3) is 0 Å². The summed E-state index contributed by atoms with van der Waals surface area (Å²) in [5.74, 6) is 0.0210. The minimum absolute atomic E-state index is 0.0310. The van der Waals surface area contributed by atoms with Gasteiger partial charge in [0, 0.05) is 24.0 Å². The summed E-state index contributed by atoms with van der Waals surface area (Å²) in [4.78, 5) is 24.7. The molecule has 0 unspecified atom stereocenters. The molecule has 4 rings (SSSR count). The number of hydrogen-bond donors (Lipinski definition) is 1. The first kappa shape index (κ1) is 22.2. The van der Waals surface area contributed by atoms with Gasteiger partial charge in [-0.1, -0.05) is 12.1 Å². The molecule has 2 aromatic heterocycles. The van der Waals surface area contributed by atoms with Gasteiger partial charge in [0.1, 0.15) is 5.69 Å². The van der Waals surface area contributed by atoms with Crippen molar-refractivity contribution >= 4 is 28.9 Å². The highest BCUT2D eigenvalue weighted by Gasteiger charge is 2.33. The first-order chi connectivity index (χ1) is 15.3. The van der Waals surface area contributed by atoms with E-state index in [1.165, 1.54) is 7.11 Å². The van der Waals surface area contributed by atoms with Crippen LogP contribution in [0.5, 0.6) is 0 Å². The quantitative estimate of drug-likeness (QED) is 0.482. The van der Waals surface area contributed by atoms with E-state index in [1.807, 2.05) is 24.4 Å². The molecule has 32 heavy (non-hydrogen) atoms. The molecular formula is C22H21F3N4O2S. The molecule has 10 heteroatoms. The Labute approximate surface area is 186 Å². The average molecular weight is 462 g/mol. The van der Waals surface area contributed by atoms with Crippen LogP contribution in [0.1, 0.15) is 42.3 Å². The predicted molar refractivity (Wildman–Crippen MR) is 115 cm³/mol. The molecule has 1 aliphatic carbocycles. The summed E-state index contributed by atoms with van der Waals surface area (Å²) in [7, 11) is 1.42. The molecule has 0 aliphatic heterocycles. The minimum atomic E-state index is -4.53. The van der Waals surface area contributed by atoms with Crippen LogP contribution >= 0.6 is 11.3 Å². The number of methoxy groups -OCH3 is 1. The number of carbonyl (C=O) groups excluding carboxylic acids is 1. The summed E-state index contributed by atoms with van der Waals surface area (Å²) in [6.07, 6.45) is 1.72. The van der Waals surface area contributed by atoms with E-state index in [9.17, 15) is 18.0 Å². The molecule has 0 radical (unpaired) electrons.